The van der Waals surface area contributed by atoms with Crippen LogP contribution in [0.25, 0.3) is 0 Å². The molecule has 0 radical (unpaired) electrons. The maximum Gasteiger partial charge on any atom is 1.00 e. The minimum absolute atomic E-state index is 0. The fraction of sp³-hybridized carbons (Fsp3) is 0. The Morgan fingerprint density at radius 2 is 2.00 bits per heavy atom. The van der Waals surface area contributed by atoms with Crippen molar-refractivity contribution in [3.8, 4) is 0 Å². The van der Waals surface area contributed by atoms with Gasteiger partial charge in [0.25, 0.3) is 0 Å². The Morgan fingerprint density at radius 3 is 2.00 bits per heavy atom. The average molecular weight is 87.9 g/mol. The van der Waals surface area contributed by atoms with E-state index >= 15 is 0 Å². The smallest absolute Gasteiger partial charge is 1.00 e. The Morgan fingerprint density at radius 1 is 2.00 bits per heavy atom. The summed E-state index contributed by atoms with van der Waals surface area (Å²) in [6.45, 7) is 0. The zero-order valence-corrected chi connectivity index (χ0v) is 3.61. The molecule has 5 heteroatoms. The van der Waals surface area contributed by atoms with E-state index < -0.39 is 8.25 Å². The molecular formula is H2LiO3P. The molecule has 0 bridgehead atoms. The van der Waals surface area contributed by atoms with Crippen molar-refractivity contribution in [2.24, 2.45) is 0 Å². The van der Waals surface area contributed by atoms with E-state index in [9.17, 15) is 0 Å². The predicted molar refractivity (Wildman–Crippen MR) is 10.9 cm³/mol. The molecule has 26 valence electrons. The Balaban J connectivity index is -0.0000000450. The number of hydrogen-bond donors (Lipinski definition) is 1. The third-order valence-electron chi connectivity index (χ3n) is 0. The van der Waals surface area contributed by atoms with Crippen LogP contribution in [0.15, 0.2) is 0 Å². The van der Waals surface area contributed by atoms with Gasteiger partial charge in [0.1, 0.15) is 0 Å². The summed E-state index contributed by atoms with van der Waals surface area (Å²) in [6, 6.07) is 0. The van der Waals surface area contributed by atoms with Crippen LogP contribution < -0.4 is 23.8 Å². The van der Waals surface area contributed by atoms with E-state index in [1.54, 1.807) is 0 Å². The molecular weight excluding hydrogens is 85.9 g/mol. The standard InChI is InChI=1S/Li.HO3P.H/c;1-4(2)3;/h;(H,1,2,3);/q+1;;-1. The van der Waals surface area contributed by atoms with Gasteiger partial charge < -0.3 is 6.32 Å². The van der Waals surface area contributed by atoms with Crippen LogP contribution in [0.1, 0.15) is 1.43 Å². The van der Waals surface area contributed by atoms with E-state index in [0.717, 1.165) is 0 Å². The van der Waals surface area contributed by atoms with E-state index in [1.165, 1.54) is 0 Å². The second-order valence-electron chi connectivity index (χ2n) is 0.238. The van der Waals surface area contributed by atoms with Crippen molar-refractivity contribution in [2.45, 2.75) is 0 Å². The van der Waals surface area contributed by atoms with Crippen molar-refractivity contribution in [1.82, 2.24) is 0 Å². The van der Waals surface area contributed by atoms with Gasteiger partial charge in [-0.1, -0.05) is 0 Å². The van der Waals surface area contributed by atoms with Crippen LogP contribution in [0.5, 0.6) is 0 Å². The van der Waals surface area contributed by atoms with E-state index in [0.29, 0.717) is 0 Å². The molecule has 0 aromatic heterocycles. The summed E-state index contributed by atoms with van der Waals surface area (Å²) in [7, 11) is -3.12. The fourth-order valence-electron chi connectivity index (χ4n) is 0. The maximum atomic E-state index is 8.59. The summed E-state index contributed by atoms with van der Waals surface area (Å²) in [5, 5.41) is 0. The molecule has 0 aromatic rings. The average Bonchev–Trinajstić information content (AvgIpc) is 0.811. The van der Waals surface area contributed by atoms with Gasteiger partial charge in [0, 0.05) is 0 Å². The van der Waals surface area contributed by atoms with E-state index in [2.05, 4.69) is 0 Å². The molecule has 0 saturated heterocycles. The van der Waals surface area contributed by atoms with Crippen molar-refractivity contribution < 1.29 is 34.6 Å². The van der Waals surface area contributed by atoms with Gasteiger partial charge in [-0.05, 0) is 4.57 Å². The van der Waals surface area contributed by atoms with Gasteiger partial charge in [0.05, 0.1) is 0 Å². The van der Waals surface area contributed by atoms with Crippen molar-refractivity contribution in [3.05, 3.63) is 0 Å². The molecule has 1 unspecified atom stereocenters. The summed E-state index contributed by atoms with van der Waals surface area (Å²) >= 11 is 0. The largest absolute Gasteiger partial charge is 1.00 e. The molecule has 0 spiro atoms. The fourth-order valence-corrected chi connectivity index (χ4v) is 0. The molecule has 1 atom stereocenters. The Bertz CT molecular complexity index is 33.8. The van der Waals surface area contributed by atoms with Gasteiger partial charge in [-0.15, -0.1) is 0 Å². The zero-order valence-electron chi connectivity index (χ0n) is 3.71. The second-order valence-corrected chi connectivity index (χ2v) is 0.714. The van der Waals surface area contributed by atoms with Gasteiger partial charge >= 0.3 is 27.1 Å². The molecule has 1 N–H and O–H groups in total. The van der Waals surface area contributed by atoms with Crippen LogP contribution in [0.2, 0.25) is 0 Å². The molecule has 0 aliphatic rings. The van der Waals surface area contributed by atoms with Gasteiger partial charge in [-0.2, -0.15) is 4.89 Å². The first-order chi connectivity index (χ1) is 1.73. The molecule has 5 heavy (non-hydrogen) atoms. The van der Waals surface area contributed by atoms with Gasteiger partial charge in [-0.3, -0.25) is 0 Å². The quantitative estimate of drug-likeness (QED) is 0.243. The van der Waals surface area contributed by atoms with Crippen LogP contribution in [0.4, 0.5) is 0 Å². The normalized spacial score (nSPS) is 8.80. The maximum absolute atomic E-state index is 8.59. The second kappa shape index (κ2) is 4.62. The SMILES string of the molecule is O=[P+]([O-])O.[H-].[Li+]. The Hall–Kier alpha value is 0.617. The summed E-state index contributed by atoms with van der Waals surface area (Å²) < 4.78 is 8.59. The van der Waals surface area contributed by atoms with Crippen molar-refractivity contribution in [1.29, 1.82) is 0 Å². The molecule has 0 amide bonds. The minimum atomic E-state index is -3.12. The van der Waals surface area contributed by atoms with Gasteiger partial charge in [0.2, 0.25) is 0 Å². The molecule has 0 aliphatic heterocycles. The van der Waals surface area contributed by atoms with Gasteiger partial charge in [0.15, 0.2) is 0 Å². The van der Waals surface area contributed by atoms with Crippen LogP contribution in [-0.2, 0) is 4.57 Å². The summed E-state index contributed by atoms with van der Waals surface area (Å²) in [5.74, 6) is 0. The molecule has 0 aliphatic carbocycles. The van der Waals surface area contributed by atoms with Crippen LogP contribution in [0.3, 0.4) is 0 Å². The van der Waals surface area contributed by atoms with Crippen molar-refractivity contribution in [2.75, 3.05) is 0 Å². The van der Waals surface area contributed by atoms with Crippen LogP contribution >= 0.6 is 8.25 Å². The molecule has 3 nitrogen and oxygen atoms in total. The monoisotopic (exact) mass is 88.0 g/mol. The molecule has 0 heterocycles. The molecule has 0 rings (SSSR count). The minimum Gasteiger partial charge on any atom is -1.00 e. The molecule has 0 saturated carbocycles. The predicted octanol–water partition coefficient (Wildman–Crippen LogP) is -3.89. The topological polar surface area (TPSA) is 60.4 Å². The summed E-state index contributed by atoms with van der Waals surface area (Å²) in [4.78, 5) is 15.6. The first-order valence-electron chi connectivity index (χ1n) is 0.565. The van der Waals surface area contributed by atoms with Crippen molar-refractivity contribution >= 4 is 8.25 Å². The first-order valence-corrected chi connectivity index (χ1v) is 1.70. The Labute approximate surface area is 43.6 Å². The third-order valence-corrected chi connectivity index (χ3v) is 0. The van der Waals surface area contributed by atoms with E-state index in [-0.39, 0.29) is 20.3 Å². The number of hydrogen-bond acceptors (Lipinski definition) is 2. The van der Waals surface area contributed by atoms with Crippen LogP contribution in [0, 0.1) is 0 Å². The summed E-state index contributed by atoms with van der Waals surface area (Å²) in [5.41, 5.74) is 0. The summed E-state index contributed by atoms with van der Waals surface area (Å²) in [6.07, 6.45) is 0. The van der Waals surface area contributed by atoms with Gasteiger partial charge in [-0.25, -0.2) is 0 Å². The first kappa shape index (κ1) is 9.15. The van der Waals surface area contributed by atoms with E-state index in [4.69, 9.17) is 14.4 Å². The molecule has 0 aromatic carbocycles. The van der Waals surface area contributed by atoms with Crippen LogP contribution in [-0.4, -0.2) is 4.89 Å². The van der Waals surface area contributed by atoms with E-state index in [1.807, 2.05) is 0 Å². The van der Waals surface area contributed by atoms with Crippen molar-refractivity contribution in [3.63, 3.8) is 0 Å². The zero-order chi connectivity index (χ0) is 3.58. The third kappa shape index (κ3) is 83.0. The number of rotatable bonds is 0. The Kier molecular flexibility index (Phi) is 8.45. The molecule has 0 fully saturated rings.